The van der Waals surface area contributed by atoms with Crippen molar-refractivity contribution in [2.24, 2.45) is 0 Å². The van der Waals surface area contributed by atoms with Gasteiger partial charge in [-0.15, -0.1) is 11.3 Å². The molecular formula is C10H12S. The lowest BCUT2D eigenvalue weighted by Crippen LogP contribution is -2.15. The van der Waals surface area contributed by atoms with E-state index in [0.29, 0.717) is 0 Å². The predicted molar refractivity (Wildman–Crippen MR) is 53.0 cm³/mol. The van der Waals surface area contributed by atoms with Gasteiger partial charge in [0.2, 0.25) is 0 Å². The zero-order valence-corrected chi connectivity index (χ0v) is 7.69. The van der Waals surface area contributed by atoms with E-state index in [0.717, 1.165) is 0 Å². The summed E-state index contributed by atoms with van der Waals surface area (Å²) in [5.74, 6) is 0. The molecule has 1 heterocycles. The molecule has 0 saturated carbocycles. The number of hydrogen-bond donors (Lipinski definition) is 0. The van der Waals surface area contributed by atoms with Crippen LogP contribution in [-0.2, 0) is 0 Å². The van der Waals surface area contributed by atoms with Gasteiger partial charge in [-0.05, 0) is 36.6 Å². The lowest BCUT2D eigenvalue weighted by atomic mass is 10.4. The number of allylic oxidation sites excluding steroid dienone is 2. The minimum atomic E-state index is 1.33. The second-order valence-electron chi connectivity index (χ2n) is 2.22. The zero-order valence-electron chi connectivity index (χ0n) is 6.87. The maximum Gasteiger partial charge on any atom is 0.0339 e. The molecule has 11 heavy (non-hydrogen) atoms. The predicted octanol–water partition coefficient (Wildman–Crippen LogP) is 1.91. The normalized spacial score (nSPS) is 15.1. The van der Waals surface area contributed by atoms with Gasteiger partial charge in [0.05, 0.1) is 0 Å². The van der Waals surface area contributed by atoms with E-state index >= 15 is 0 Å². The molecule has 0 bridgehead atoms. The summed E-state index contributed by atoms with van der Waals surface area (Å²) in [7, 11) is 0. The van der Waals surface area contributed by atoms with Crippen LogP contribution in [0.1, 0.15) is 13.8 Å². The monoisotopic (exact) mass is 164 g/mol. The Hall–Kier alpha value is -0.820. The van der Waals surface area contributed by atoms with Gasteiger partial charge in [-0.25, -0.2) is 0 Å². The molecule has 0 atom stereocenters. The van der Waals surface area contributed by atoms with Gasteiger partial charge < -0.3 is 0 Å². The summed E-state index contributed by atoms with van der Waals surface area (Å²) in [5.41, 5.74) is 0. The number of thiophene rings is 1. The largest absolute Gasteiger partial charge is 0.144 e. The highest BCUT2D eigenvalue weighted by atomic mass is 32.1. The van der Waals surface area contributed by atoms with Gasteiger partial charge in [-0.3, -0.25) is 0 Å². The first-order chi connectivity index (χ1) is 5.38. The Bertz CT molecular complexity index is 341. The van der Waals surface area contributed by atoms with Crippen LogP contribution in [0.5, 0.6) is 0 Å². The van der Waals surface area contributed by atoms with Crippen molar-refractivity contribution in [2.75, 3.05) is 0 Å². The fourth-order valence-electron chi connectivity index (χ4n) is 0.888. The van der Waals surface area contributed by atoms with Crippen LogP contribution < -0.4 is 9.75 Å². The molecule has 0 aliphatic carbocycles. The minimum absolute atomic E-state index is 1.33. The third-order valence-electron chi connectivity index (χ3n) is 1.48. The smallest absolute Gasteiger partial charge is 0.0339 e. The standard InChI is InChI=1S/C10H12S/c1-3-5-6-10-9(4-2)7-8-11-10/h3-8H,1-2H3/b5-3-,9-4-,10-6+. The van der Waals surface area contributed by atoms with E-state index in [2.05, 4.69) is 36.6 Å². The van der Waals surface area contributed by atoms with E-state index in [1.807, 2.05) is 13.0 Å². The molecule has 0 N–H and O–H groups in total. The van der Waals surface area contributed by atoms with Crippen LogP contribution >= 0.6 is 11.3 Å². The third kappa shape index (κ3) is 2.05. The third-order valence-corrected chi connectivity index (χ3v) is 2.38. The van der Waals surface area contributed by atoms with E-state index in [-0.39, 0.29) is 0 Å². The highest BCUT2D eigenvalue weighted by Crippen LogP contribution is 1.82. The first-order valence-corrected chi connectivity index (χ1v) is 4.59. The highest BCUT2D eigenvalue weighted by Gasteiger charge is 1.81. The molecule has 1 aromatic heterocycles. The zero-order chi connectivity index (χ0) is 8.10. The second-order valence-corrected chi connectivity index (χ2v) is 3.17. The van der Waals surface area contributed by atoms with Crippen molar-refractivity contribution in [2.45, 2.75) is 13.8 Å². The molecule has 0 spiro atoms. The summed E-state index contributed by atoms with van der Waals surface area (Å²) in [5, 5.41) is 3.44. The first kappa shape index (κ1) is 8.28. The van der Waals surface area contributed by atoms with E-state index in [9.17, 15) is 0 Å². The molecule has 0 nitrogen and oxygen atoms in total. The highest BCUT2D eigenvalue weighted by molar-refractivity contribution is 7.07. The Balaban J connectivity index is 3.23. The van der Waals surface area contributed by atoms with Crippen molar-refractivity contribution in [3.8, 4) is 0 Å². The Labute approximate surface area is 71.2 Å². The molecule has 1 heteroatoms. The van der Waals surface area contributed by atoms with Crippen molar-refractivity contribution in [1.29, 1.82) is 0 Å². The SMILES string of the molecule is C\C=C/C=c1/scc/c1=C/C. The van der Waals surface area contributed by atoms with Crippen LogP contribution in [-0.4, -0.2) is 0 Å². The lowest BCUT2D eigenvalue weighted by molar-refractivity contribution is 1.67. The summed E-state index contributed by atoms with van der Waals surface area (Å²) in [6, 6.07) is 2.14. The summed E-state index contributed by atoms with van der Waals surface area (Å²) < 4.78 is 1.34. The average molecular weight is 164 g/mol. The van der Waals surface area contributed by atoms with Gasteiger partial charge in [0.25, 0.3) is 0 Å². The summed E-state index contributed by atoms with van der Waals surface area (Å²) in [4.78, 5) is 0. The van der Waals surface area contributed by atoms with E-state index < -0.39 is 0 Å². The maximum atomic E-state index is 2.14. The first-order valence-electron chi connectivity index (χ1n) is 3.71. The van der Waals surface area contributed by atoms with Gasteiger partial charge in [-0.2, -0.15) is 0 Å². The molecule has 0 unspecified atom stereocenters. The topological polar surface area (TPSA) is 0 Å². The Kier molecular flexibility index (Phi) is 3.12. The van der Waals surface area contributed by atoms with Crippen molar-refractivity contribution in [1.82, 2.24) is 0 Å². The van der Waals surface area contributed by atoms with Crippen molar-refractivity contribution in [3.05, 3.63) is 33.3 Å². The molecule has 0 aliphatic heterocycles. The van der Waals surface area contributed by atoms with Crippen molar-refractivity contribution in [3.63, 3.8) is 0 Å². The summed E-state index contributed by atoms with van der Waals surface area (Å²) in [6.45, 7) is 4.09. The number of rotatable bonds is 1. The Morgan fingerprint density at radius 3 is 2.82 bits per heavy atom. The fraction of sp³-hybridized carbons (Fsp3) is 0.200. The van der Waals surface area contributed by atoms with Crippen molar-refractivity contribution >= 4 is 23.5 Å². The van der Waals surface area contributed by atoms with E-state index in [1.165, 1.54) is 9.75 Å². The Morgan fingerprint density at radius 2 is 2.18 bits per heavy atom. The van der Waals surface area contributed by atoms with E-state index in [4.69, 9.17) is 0 Å². The van der Waals surface area contributed by atoms with Crippen LogP contribution in [0.4, 0.5) is 0 Å². The lowest BCUT2D eigenvalue weighted by Gasteiger charge is -1.74. The summed E-state index contributed by atoms with van der Waals surface area (Å²) >= 11 is 1.78. The van der Waals surface area contributed by atoms with Crippen molar-refractivity contribution < 1.29 is 0 Å². The minimum Gasteiger partial charge on any atom is -0.144 e. The molecule has 0 aliphatic rings. The molecular weight excluding hydrogens is 152 g/mol. The van der Waals surface area contributed by atoms with Gasteiger partial charge >= 0.3 is 0 Å². The van der Waals surface area contributed by atoms with Crippen LogP contribution in [0.3, 0.4) is 0 Å². The second kappa shape index (κ2) is 4.14. The molecule has 0 fully saturated rings. The quantitative estimate of drug-likeness (QED) is 0.595. The maximum absolute atomic E-state index is 2.14. The molecule has 0 amide bonds. The van der Waals surface area contributed by atoms with Crippen LogP contribution in [0.25, 0.3) is 12.2 Å². The Morgan fingerprint density at radius 1 is 1.36 bits per heavy atom. The molecule has 1 rings (SSSR count). The molecule has 58 valence electrons. The van der Waals surface area contributed by atoms with Gasteiger partial charge in [0.1, 0.15) is 0 Å². The van der Waals surface area contributed by atoms with Gasteiger partial charge in [0, 0.05) is 4.53 Å². The molecule has 0 saturated heterocycles. The summed E-state index contributed by atoms with van der Waals surface area (Å²) in [6.07, 6.45) is 8.38. The van der Waals surface area contributed by atoms with Crippen LogP contribution in [0.15, 0.2) is 23.6 Å². The van der Waals surface area contributed by atoms with Gasteiger partial charge in [-0.1, -0.05) is 18.2 Å². The average Bonchev–Trinajstić information content (AvgIpc) is 2.47. The van der Waals surface area contributed by atoms with E-state index in [1.54, 1.807) is 11.3 Å². The number of hydrogen-bond acceptors (Lipinski definition) is 1. The van der Waals surface area contributed by atoms with Crippen LogP contribution in [0, 0.1) is 0 Å². The van der Waals surface area contributed by atoms with Crippen LogP contribution in [0.2, 0.25) is 0 Å². The fourth-order valence-corrected chi connectivity index (χ4v) is 1.73. The molecule has 1 aromatic rings. The molecule has 0 aromatic carbocycles. The van der Waals surface area contributed by atoms with Gasteiger partial charge in [0.15, 0.2) is 0 Å². The molecule has 0 radical (unpaired) electrons.